The van der Waals surface area contributed by atoms with Gasteiger partial charge in [-0.1, -0.05) is 30.3 Å². The highest BCUT2D eigenvalue weighted by molar-refractivity contribution is 5.71. The fourth-order valence-corrected chi connectivity index (χ4v) is 2.25. The number of hydrogen-bond acceptors (Lipinski definition) is 4. The predicted octanol–water partition coefficient (Wildman–Crippen LogP) is 4.16. The molecule has 1 aromatic rings. The Bertz CT molecular complexity index is 546. The summed E-state index contributed by atoms with van der Waals surface area (Å²) in [5.41, 5.74) is -0.119. The summed E-state index contributed by atoms with van der Waals surface area (Å²) < 4.78 is 10.3. The molecule has 0 radical (unpaired) electrons. The van der Waals surface area contributed by atoms with Gasteiger partial charge in [-0.15, -0.1) is 0 Å². The number of benzene rings is 1. The number of amides is 1. The summed E-state index contributed by atoms with van der Waals surface area (Å²) >= 11 is 0. The average molecular weight is 335 g/mol. The normalized spacial score (nSPS) is 11.8. The van der Waals surface area contributed by atoms with Crippen LogP contribution in [0.1, 0.15) is 53.0 Å². The van der Waals surface area contributed by atoms with E-state index in [9.17, 15) is 9.59 Å². The summed E-state index contributed by atoms with van der Waals surface area (Å²) in [5, 5.41) is 0. The molecule has 1 amide bonds. The van der Waals surface area contributed by atoms with E-state index in [0.717, 1.165) is 5.56 Å². The van der Waals surface area contributed by atoms with Crippen LogP contribution in [0.15, 0.2) is 30.3 Å². The van der Waals surface area contributed by atoms with E-state index < -0.39 is 11.1 Å². The molecule has 0 bridgehead atoms. The lowest BCUT2D eigenvalue weighted by molar-refractivity contribution is -0.141. The van der Waals surface area contributed by atoms with Crippen molar-refractivity contribution in [2.75, 3.05) is 7.11 Å². The Balaban J connectivity index is 2.98. The van der Waals surface area contributed by atoms with Crippen LogP contribution in [0.3, 0.4) is 0 Å². The van der Waals surface area contributed by atoms with E-state index in [4.69, 9.17) is 9.47 Å². The quantitative estimate of drug-likeness (QED) is 0.733. The number of carbonyl (C=O) groups is 2. The smallest absolute Gasteiger partial charge is 0.411 e. The molecule has 1 rings (SSSR count). The summed E-state index contributed by atoms with van der Waals surface area (Å²) in [7, 11) is 1.37. The first-order valence-corrected chi connectivity index (χ1v) is 8.16. The Morgan fingerprint density at radius 2 is 1.62 bits per heavy atom. The molecule has 5 heteroatoms. The van der Waals surface area contributed by atoms with Gasteiger partial charge in [0.05, 0.1) is 7.11 Å². The minimum atomic E-state index is -0.579. The van der Waals surface area contributed by atoms with Gasteiger partial charge in [0, 0.05) is 18.5 Å². The van der Waals surface area contributed by atoms with Crippen LogP contribution in [0, 0.1) is 0 Å². The fraction of sp³-hybridized carbons (Fsp3) is 0.579. The zero-order valence-electron chi connectivity index (χ0n) is 15.6. The average Bonchev–Trinajstić information content (AvgIpc) is 2.49. The van der Waals surface area contributed by atoms with Gasteiger partial charge in [0.2, 0.25) is 0 Å². The van der Waals surface area contributed by atoms with Crippen LogP contribution in [-0.4, -0.2) is 35.2 Å². The van der Waals surface area contributed by atoms with Gasteiger partial charge in [-0.3, -0.25) is 9.69 Å². The molecule has 0 aliphatic carbocycles. The Kier molecular flexibility index (Phi) is 6.81. The summed E-state index contributed by atoms with van der Waals surface area (Å²) in [5.74, 6) is -0.285. The Morgan fingerprint density at radius 1 is 1.04 bits per heavy atom. The summed E-state index contributed by atoms with van der Waals surface area (Å²) in [4.78, 5) is 25.9. The van der Waals surface area contributed by atoms with Crippen LogP contribution in [0.4, 0.5) is 4.79 Å². The van der Waals surface area contributed by atoms with E-state index in [1.54, 1.807) is 4.90 Å². The zero-order valence-corrected chi connectivity index (χ0v) is 15.6. The maximum Gasteiger partial charge on any atom is 0.411 e. The number of nitrogens with zero attached hydrogens (tertiary/aromatic N) is 1. The third-order valence-electron chi connectivity index (χ3n) is 3.70. The molecule has 0 N–H and O–H groups in total. The first kappa shape index (κ1) is 20.0. The lowest BCUT2D eigenvalue weighted by atomic mass is 9.95. The van der Waals surface area contributed by atoms with Crippen molar-refractivity contribution in [3.8, 4) is 0 Å². The van der Waals surface area contributed by atoms with Crippen LogP contribution >= 0.6 is 0 Å². The molecule has 0 atom stereocenters. The second-order valence-electron chi connectivity index (χ2n) is 7.44. The standard InChI is InChI=1S/C19H29NO4/c1-18(2,3)24-17(22)20(14-15-10-8-7-9-11-15)19(4,5)13-12-16(21)23-6/h7-11H,12-14H2,1-6H3. The number of rotatable bonds is 6. The molecule has 0 unspecified atom stereocenters. The topological polar surface area (TPSA) is 55.8 Å². The molecule has 0 aliphatic rings. The van der Waals surface area contributed by atoms with Crippen molar-refractivity contribution in [1.82, 2.24) is 4.90 Å². The number of hydrogen-bond donors (Lipinski definition) is 0. The van der Waals surface area contributed by atoms with Gasteiger partial charge in [-0.2, -0.15) is 0 Å². The summed E-state index contributed by atoms with van der Waals surface area (Å²) in [6.45, 7) is 9.81. The van der Waals surface area contributed by atoms with Gasteiger partial charge in [0.25, 0.3) is 0 Å². The van der Waals surface area contributed by atoms with E-state index in [0.29, 0.717) is 13.0 Å². The van der Waals surface area contributed by atoms with Crippen LogP contribution in [0.5, 0.6) is 0 Å². The van der Waals surface area contributed by atoms with E-state index in [2.05, 4.69) is 0 Å². The lowest BCUT2D eigenvalue weighted by Gasteiger charge is -2.39. The second-order valence-corrected chi connectivity index (χ2v) is 7.44. The molecule has 24 heavy (non-hydrogen) atoms. The molecule has 0 aliphatic heterocycles. The molecule has 0 saturated heterocycles. The number of methoxy groups -OCH3 is 1. The number of ether oxygens (including phenoxy) is 2. The van der Waals surface area contributed by atoms with Crippen LogP contribution < -0.4 is 0 Å². The van der Waals surface area contributed by atoms with Crippen molar-refractivity contribution >= 4 is 12.1 Å². The zero-order chi connectivity index (χ0) is 18.4. The molecule has 1 aromatic carbocycles. The first-order chi connectivity index (χ1) is 11.0. The van der Waals surface area contributed by atoms with Crippen molar-refractivity contribution in [2.45, 2.75) is 65.1 Å². The van der Waals surface area contributed by atoms with Crippen molar-refractivity contribution in [3.05, 3.63) is 35.9 Å². The van der Waals surface area contributed by atoms with Gasteiger partial charge < -0.3 is 9.47 Å². The summed E-state index contributed by atoms with van der Waals surface area (Å²) in [6.07, 6.45) is 0.352. The maximum absolute atomic E-state index is 12.7. The Hall–Kier alpha value is -2.04. The highest BCUT2D eigenvalue weighted by Gasteiger charge is 2.34. The van der Waals surface area contributed by atoms with Gasteiger partial charge in [0.15, 0.2) is 0 Å². The number of esters is 1. The Labute approximate surface area is 144 Å². The third-order valence-corrected chi connectivity index (χ3v) is 3.70. The second kappa shape index (κ2) is 8.18. The highest BCUT2D eigenvalue weighted by Crippen LogP contribution is 2.26. The molecule has 0 heterocycles. The molecule has 5 nitrogen and oxygen atoms in total. The molecular formula is C19H29NO4. The van der Waals surface area contributed by atoms with Crippen LogP contribution in [-0.2, 0) is 20.8 Å². The van der Waals surface area contributed by atoms with Crippen LogP contribution in [0.25, 0.3) is 0 Å². The Morgan fingerprint density at radius 3 is 2.12 bits per heavy atom. The van der Waals surface area contributed by atoms with Crippen LogP contribution in [0.2, 0.25) is 0 Å². The number of carbonyl (C=O) groups excluding carboxylic acids is 2. The largest absolute Gasteiger partial charge is 0.469 e. The van der Waals surface area contributed by atoms with Gasteiger partial charge >= 0.3 is 12.1 Å². The van der Waals surface area contributed by atoms with E-state index >= 15 is 0 Å². The van der Waals surface area contributed by atoms with Crippen molar-refractivity contribution in [2.24, 2.45) is 0 Å². The first-order valence-electron chi connectivity index (χ1n) is 8.16. The molecular weight excluding hydrogens is 306 g/mol. The van der Waals surface area contributed by atoms with Crippen molar-refractivity contribution in [3.63, 3.8) is 0 Å². The minimum absolute atomic E-state index is 0.248. The van der Waals surface area contributed by atoms with E-state index in [1.165, 1.54) is 7.11 Å². The molecule has 0 saturated carbocycles. The van der Waals surface area contributed by atoms with Gasteiger partial charge in [0.1, 0.15) is 5.60 Å². The lowest BCUT2D eigenvalue weighted by Crippen LogP contribution is -2.49. The molecule has 0 fully saturated rings. The SMILES string of the molecule is COC(=O)CCC(C)(C)N(Cc1ccccc1)C(=O)OC(C)(C)C. The molecule has 0 aromatic heterocycles. The monoisotopic (exact) mass is 335 g/mol. The van der Waals surface area contributed by atoms with Gasteiger partial charge in [-0.05, 0) is 46.6 Å². The van der Waals surface area contributed by atoms with E-state index in [-0.39, 0.29) is 18.5 Å². The van der Waals surface area contributed by atoms with E-state index in [1.807, 2.05) is 65.0 Å². The van der Waals surface area contributed by atoms with Crippen molar-refractivity contribution < 1.29 is 19.1 Å². The molecule has 134 valence electrons. The highest BCUT2D eigenvalue weighted by atomic mass is 16.6. The maximum atomic E-state index is 12.7. The third kappa shape index (κ3) is 6.60. The minimum Gasteiger partial charge on any atom is -0.469 e. The predicted molar refractivity (Wildman–Crippen MR) is 93.5 cm³/mol. The molecule has 0 spiro atoms. The van der Waals surface area contributed by atoms with Crippen molar-refractivity contribution in [1.29, 1.82) is 0 Å². The summed E-state index contributed by atoms with van der Waals surface area (Å²) in [6, 6.07) is 9.74. The fourth-order valence-electron chi connectivity index (χ4n) is 2.25. The van der Waals surface area contributed by atoms with Gasteiger partial charge in [-0.25, -0.2) is 4.79 Å².